The number of hydrogen-bond acceptors (Lipinski definition) is 2. The smallest absolute Gasteiger partial charge is 0.157 e. The summed E-state index contributed by atoms with van der Waals surface area (Å²) in [4.78, 5) is 0. The lowest BCUT2D eigenvalue weighted by atomic mass is 10.1. The van der Waals surface area contributed by atoms with Crippen LogP contribution in [0.15, 0.2) is 28.9 Å². The number of nitrogens with one attached hydrogen (secondary N) is 1. The van der Waals surface area contributed by atoms with E-state index < -0.39 is 0 Å². The SMILES string of the molecule is c1cc2ccc3c(c2o1)NCC3. The molecule has 0 atom stereocenters. The van der Waals surface area contributed by atoms with Gasteiger partial charge < -0.3 is 9.73 Å². The molecular formula is C10H9NO. The van der Waals surface area contributed by atoms with E-state index >= 15 is 0 Å². The minimum Gasteiger partial charge on any atom is -0.462 e. The van der Waals surface area contributed by atoms with Crippen molar-refractivity contribution in [2.75, 3.05) is 11.9 Å². The molecule has 3 rings (SSSR count). The van der Waals surface area contributed by atoms with Gasteiger partial charge in [-0.15, -0.1) is 0 Å². The zero-order valence-corrected chi connectivity index (χ0v) is 6.63. The quantitative estimate of drug-likeness (QED) is 0.638. The monoisotopic (exact) mass is 159 g/mol. The molecular weight excluding hydrogens is 150 g/mol. The van der Waals surface area contributed by atoms with Gasteiger partial charge in [-0.05, 0) is 18.1 Å². The van der Waals surface area contributed by atoms with Crippen molar-refractivity contribution in [3.8, 4) is 0 Å². The Morgan fingerprint density at radius 2 is 2.25 bits per heavy atom. The molecule has 0 unspecified atom stereocenters. The van der Waals surface area contributed by atoms with Crippen LogP contribution in [-0.2, 0) is 6.42 Å². The summed E-state index contributed by atoms with van der Waals surface area (Å²) in [5.41, 5.74) is 3.57. The number of anilines is 1. The Morgan fingerprint density at radius 3 is 3.25 bits per heavy atom. The van der Waals surface area contributed by atoms with Gasteiger partial charge in [0.1, 0.15) is 0 Å². The third-order valence-electron chi connectivity index (χ3n) is 2.40. The summed E-state index contributed by atoms with van der Waals surface area (Å²) in [6.45, 7) is 1.04. The van der Waals surface area contributed by atoms with Crippen molar-refractivity contribution >= 4 is 16.7 Å². The van der Waals surface area contributed by atoms with Crippen LogP contribution in [0.1, 0.15) is 5.56 Å². The summed E-state index contributed by atoms with van der Waals surface area (Å²) in [7, 11) is 0. The largest absolute Gasteiger partial charge is 0.462 e. The molecule has 0 aliphatic carbocycles. The maximum Gasteiger partial charge on any atom is 0.157 e. The molecule has 12 heavy (non-hydrogen) atoms. The Hall–Kier alpha value is -1.44. The second-order valence-electron chi connectivity index (χ2n) is 3.12. The first-order valence-electron chi connectivity index (χ1n) is 4.18. The van der Waals surface area contributed by atoms with Gasteiger partial charge in [0.15, 0.2) is 5.58 Å². The normalized spacial score (nSPS) is 14.7. The van der Waals surface area contributed by atoms with Crippen LogP contribution >= 0.6 is 0 Å². The first-order chi connectivity index (χ1) is 5.95. The second kappa shape index (κ2) is 2.03. The van der Waals surface area contributed by atoms with Crippen molar-refractivity contribution < 1.29 is 4.42 Å². The van der Waals surface area contributed by atoms with Gasteiger partial charge in [0, 0.05) is 11.9 Å². The topological polar surface area (TPSA) is 25.2 Å². The number of rotatable bonds is 0. The summed E-state index contributed by atoms with van der Waals surface area (Å²) >= 11 is 0. The molecule has 0 bridgehead atoms. The molecule has 0 radical (unpaired) electrons. The van der Waals surface area contributed by atoms with E-state index in [-0.39, 0.29) is 0 Å². The van der Waals surface area contributed by atoms with Gasteiger partial charge in [-0.2, -0.15) is 0 Å². The van der Waals surface area contributed by atoms with Gasteiger partial charge in [0.2, 0.25) is 0 Å². The summed E-state index contributed by atoms with van der Waals surface area (Å²) in [6, 6.07) is 6.29. The summed E-state index contributed by atoms with van der Waals surface area (Å²) in [5.74, 6) is 0. The van der Waals surface area contributed by atoms with E-state index in [1.54, 1.807) is 6.26 Å². The predicted octanol–water partition coefficient (Wildman–Crippen LogP) is 2.40. The molecule has 0 saturated carbocycles. The molecule has 2 heteroatoms. The Bertz CT molecular complexity index is 430. The highest BCUT2D eigenvalue weighted by atomic mass is 16.3. The molecule has 2 nitrogen and oxygen atoms in total. The fourth-order valence-corrected chi connectivity index (χ4v) is 1.80. The molecule has 60 valence electrons. The van der Waals surface area contributed by atoms with Crippen molar-refractivity contribution in [2.24, 2.45) is 0 Å². The number of furan rings is 1. The van der Waals surface area contributed by atoms with Crippen LogP contribution < -0.4 is 5.32 Å². The lowest BCUT2D eigenvalue weighted by molar-refractivity contribution is 0.617. The van der Waals surface area contributed by atoms with E-state index in [0.29, 0.717) is 0 Å². The molecule has 0 fully saturated rings. The molecule has 0 amide bonds. The third-order valence-corrected chi connectivity index (χ3v) is 2.40. The average molecular weight is 159 g/mol. The Kier molecular flexibility index (Phi) is 1.04. The van der Waals surface area contributed by atoms with E-state index in [0.717, 1.165) is 18.5 Å². The summed E-state index contributed by atoms with van der Waals surface area (Å²) in [5, 5.41) is 4.52. The Labute approximate surface area is 70.2 Å². The number of benzene rings is 1. The van der Waals surface area contributed by atoms with Crippen LogP contribution in [0, 0.1) is 0 Å². The second-order valence-corrected chi connectivity index (χ2v) is 3.12. The van der Waals surface area contributed by atoms with Gasteiger partial charge in [0.05, 0.1) is 12.0 Å². The first-order valence-corrected chi connectivity index (χ1v) is 4.18. The van der Waals surface area contributed by atoms with E-state index in [9.17, 15) is 0 Å². The minimum atomic E-state index is 1.00. The molecule has 1 aromatic carbocycles. The van der Waals surface area contributed by atoms with E-state index in [1.165, 1.54) is 16.6 Å². The van der Waals surface area contributed by atoms with E-state index in [4.69, 9.17) is 4.42 Å². The zero-order chi connectivity index (χ0) is 7.97. The van der Waals surface area contributed by atoms with Crippen molar-refractivity contribution in [3.05, 3.63) is 30.0 Å². The lowest BCUT2D eigenvalue weighted by Gasteiger charge is -1.98. The Morgan fingerprint density at radius 1 is 1.25 bits per heavy atom. The summed E-state index contributed by atoms with van der Waals surface area (Å²) < 4.78 is 5.40. The van der Waals surface area contributed by atoms with Gasteiger partial charge >= 0.3 is 0 Å². The highest BCUT2D eigenvalue weighted by Crippen LogP contribution is 2.31. The molecule has 1 aliphatic heterocycles. The van der Waals surface area contributed by atoms with E-state index in [1.807, 2.05) is 6.07 Å². The number of fused-ring (bicyclic) bond motifs is 3. The van der Waals surface area contributed by atoms with Crippen LogP contribution in [0.25, 0.3) is 11.0 Å². The van der Waals surface area contributed by atoms with Crippen LogP contribution in [0.3, 0.4) is 0 Å². The molecule has 1 aromatic heterocycles. The van der Waals surface area contributed by atoms with Gasteiger partial charge in [-0.3, -0.25) is 0 Å². The molecule has 1 aliphatic rings. The molecule has 2 aromatic rings. The summed E-state index contributed by atoms with van der Waals surface area (Å²) in [6.07, 6.45) is 2.86. The van der Waals surface area contributed by atoms with Crippen molar-refractivity contribution in [1.29, 1.82) is 0 Å². The zero-order valence-electron chi connectivity index (χ0n) is 6.63. The van der Waals surface area contributed by atoms with Crippen LogP contribution in [0.5, 0.6) is 0 Å². The van der Waals surface area contributed by atoms with Gasteiger partial charge in [-0.25, -0.2) is 0 Å². The van der Waals surface area contributed by atoms with Crippen LogP contribution in [-0.4, -0.2) is 6.54 Å². The standard InChI is InChI=1S/C10H9NO/c1-2-8-4-6-12-10(8)9-7(1)3-5-11-9/h1-2,4,6,11H,3,5H2. The van der Waals surface area contributed by atoms with Crippen LogP contribution in [0.4, 0.5) is 5.69 Å². The lowest BCUT2D eigenvalue weighted by Crippen LogP contribution is -1.91. The fraction of sp³-hybridized carbons (Fsp3) is 0.200. The number of hydrogen-bond donors (Lipinski definition) is 1. The van der Waals surface area contributed by atoms with Crippen LogP contribution in [0.2, 0.25) is 0 Å². The highest BCUT2D eigenvalue weighted by Gasteiger charge is 2.14. The third kappa shape index (κ3) is 0.644. The molecule has 1 N–H and O–H groups in total. The predicted molar refractivity (Wildman–Crippen MR) is 48.4 cm³/mol. The van der Waals surface area contributed by atoms with Gasteiger partial charge in [0.25, 0.3) is 0 Å². The van der Waals surface area contributed by atoms with Crippen molar-refractivity contribution in [2.45, 2.75) is 6.42 Å². The van der Waals surface area contributed by atoms with E-state index in [2.05, 4.69) is 17.4 Å². The Balaban J connectivity index is 2.46. The molecule has 0 saturated heterocycles. The van der Waals surface area contributed by atoms with Gasteiger partial charge in [-0.1, -0.05) is 12.1 Å². The maximum atomic E-state index is 5.40. The average Bonchev–Trinajstić information content (AvgIpc) is 2.71. The first kappa shape index (κ1) is 6.12. The molecule has 0 spiro atoms. The van der Waals surface area contributed by atoms with Crippen molar-refractivity contribution in [3.63, 3.8) is 0 Å². The highest BCUT2D eigenvalue weighted by molar-refractivity contribution is 5.91. The van der Waals surface area contributed by atoms with Crippen molar-refractivity contribution in [1.82, 2.24) is 0 Å². The fourth-order valence-electron chi connectivity index (χ4n) is 1.80. The maximum absolute atomic E-state index is 5.40. The molecule has 2 heterocycles. The minimum absolute atomic E-state index is 1.00.